The Morgan fingerprint density at radius 3 is 1.28 bits per heavy atom. The van der Waals surface area contributed by atoms with E-state index in [0.29, 0.717) is 5.41 Å². The van der Waals surface area contributed by atoms with Gasteiger partial charge in [-0.1, -0.05) is 20.8 Å². The summed E-state index contributed by atoms with van der Waals surface area (Å²) in [6.07, 6.45) is 0. The molecule has 0 heterocycles. The molecule has 0 atom stereocenters. The fourth-order valence-electron chi connectivity index (χ4n) is 1.59. The van der Waals surface area contributed by atoms with Gasteiger partial charge in [-0.05, 0) is 0 Å². The predicted molar refractivity (Wildman–Crippen MR) is 64.6 cm³/mol. The molecular formula is C14H24Cl2OTi. The minimum Gasteiger partial charge on any atom is -1.00 e. The van der Waals surface area contributed by atoms with Crippen LogP contribution in [0.3, 0.4) is 0 Å². The van der Waals surface area contributed by atoms with Crippen LogP contribution in [-0.2, 0) is 20.4 Å². The minimum atomic E-state index is -0.750. The van der Waals surface area contributed by atoms with E-state index in [1.54, 1.807) is 20.8 Å². The molecule has 0 unspecified atom stereocenters. The molecule has 0 aromatic rings. The van der Waals surface area contributed by atoms with Crippen molar-refractivity contribution >= 4 is 0 Å². The van der Waals surface area contributed by atoms with Crippen LogP contribution in [-0.4, -0.2) is 5.60 Å². The van der Waals surface area contributed by atoms with Gasteiger partial charge in [-0.25, -0.2) is 0 Å². The second-order valence-electron chi connectivity index (χ2n) is 5.99. The molecule has 4 heteroatoms. The Bertz CT molecular complexity index is 304. The van der Waals surface area contributed by atoms with Crippen molar-refractivity contribution in [2.75, 3.05) is 0 Å². The average molecular weight is 327 g/mol. The summed E-state index contributed by atoms with van der Waals surface area (Å²) in [6.45, 7) is 16.2. The van der Waals surface area contributed by atoms with Gasteiger partial charge in [0.2, 0.25) is 0 Å². The Morgan fingerprint density at radius 2 is 1.22 bits per heavy atom. The van der Waals surface area contributed by atoms with E-state index in [9.17, 15) is 5.11 Å². The van der Waals surface area contributed by atoms with Crippen LogP contribution in [0.15, 0.2) is 20.6 Å². The van der Waals surface area contributed by atoms with E-state index in [1.807, 2.05) is 0 Å². The zero-order chi connectivity index (χ0) is 13.3. The molecule has 18 heavy (non-hydrogen) atoms. The Morgan fingerprint density at radius 1 is 0.944 bits per heavy atom. The van der Waals surface area contributed by atoms with Crippen molar-refractivity contribution in [1.29, 1.82) is 0 Å². The second kappa shape index (κ2) is 8.12. The van der Waals surface area contributed by atoms with Crippen LogP contribution in [0.1, 0.15) is 55.4 Å². The van der Waals surface area contributed by atoms with Crippen molar-refractivity contribution in [3.05, 3.63) is 20.6 Å². The van der Waals surface area contributed by atoms with Crippen LogP contribution < -0.4 is 29.9 Å². The Balaban J connectivity index is -0.000000282. The number of allylic oxidation sites excluding steroid dienone is 4. The molecule has 0 saturated heterocycles. The fourth-order valence-corrected chi connectivity index (χ4v) is 2.18. The molecule has 0 aromatic carbocycles. The van der Waals surface area contributed by atoms with E-state index in [0.717, 1.165) is 0 Å². The quantitative estimate of drug-likeness (QED) is 0.446. The summed E-state index contributed by atoms with van der Waals surface area (Å²) < 4.78 is 1.53. The molecule has 0 radical (unpaired) electrons. The SMILES string of the molecule is CC(C)(C)[O-].CC1=C(C)C(C)(C)[C]([Ti+3])=C1C.[Cl-].[Cl-]. The molecule has 0 fully saturated rings. The second-order valence-corrected chi connectivity index (χ2v) is 6.77. The Kier molecular flexibility index (Phi) is 10.7. The van der Waals surface area contributed by atoms with Gasteiger partial charge in [-0.3, -0.25) is 0 Å². The van der Waals surface area contributed by atoms with Crippen LogP contribution in [0.2, 0.25) is 0 Å². The fraction of sp³-hybridized carbons (Fsp3) is 0.714. The molecule has 1 aliphatic carbocycles. The first-order chi connectivity index (χ1) is 6.89. The van der Waals surface area contributed by atoms with Crippen LogP contribution in [0.5, 0.6) is 0 Å². The van der Waals surface area contributed by atoms with E-state index in [4.69, 9.17) is 0 Å². The Hall–Kier alpha value is 0.734. The molecular weight excluding hydrogens is 303 g/mol. The van der Waals surface area contributed by atoms with Gasteiger partial charge in [0, 0.05) is 0 Å². The molecule has 0 spiro atoms. The van der Waals surface area contributed by atoms with Crippen LogP contribution in [0, 0.1) is 5.41 Å². The first-order valence-electron chi connectivity index (χ1n) is 5.70. The van der Waals surface area contributed by atoms with Gasteiger partial charge in [0.25, 0.3) is 0 Å². The van der Waals surface area contributed by atoms with E-state index < -0.39 is 5.60 Å². The summed E-state index contributed by atoms with van der Waals surface area (Å²) >= 11 is 2.25. The first kappa shape index (κ1) is 23.8. The van der Waals surface area contributed by atoms with Crippen molar-refractivity contribution in [2.24, 2.45) is 5.41 Å². The third-order valence-corrected chi connectivity index (χ3v) is 4.62. The normalized spacial score (nSPS) is 17.7. The molecule has 104 valence electrons. The predicted octanol–water partition coefficient (Wildman–Crippen LogP) is -2.66. The number of hydrogen-bond donors (Lipinski definition) is 0. The van der Waals surface area contributed by atoms with Gasteiger partial charge in [-0.15, -0.1) is 5.60 Å². The molecule has 0 bridgehead atoms. The van der Waals surface area contributed by atoms with Gasteiger partial charge in [0.15, 0.2) is 0 Å². The smallest absolute Gasteiger partial charge is 1.00 e. The summed E-state index contributed by atoms with van der Waals surface area (Å²) in [5, 5.41) is 10.1. The molecule has 1 nitrogen and oxygen atoms in total. The maximum atomic E-state index is 10.1. The zero-order valence-corrected chi connectivity index (χ0v) is 15.7. The summed E-state index contributed by atoms with van der Waals surface area (Å²) in [6, 6.07) is 0. The topological polar surface area (TPSA) is 23.1 Å². The number of halogens is 2. The van der Waals surface area contributed by atoms with E-state index in [-0.39, 0.29) is 24.8 Å². The molecule has 0 N–H and O–H groups in total. The van der Waals surface area contributed by atoms with Gasteiger partial charge in [-0.2, -0.15) is 0 Å². The number of rotatable bonds is 0. The van der Waals surface area contributed by atoms with Crippen molar-refractivity contribution in [1.82, 2.24) is 0 Å². The maximum absolute atomic E-state index is 10.1. The van der Waals surface area contributed by atoms with E-state index >= 15 is 0 Å². The van der Waals surface area contributed by atoms with Crippen molar-refractivity contribution in [3.8, 4) is 0 Å². The molecule has 1 aliphatic rings. The van der Waals surface area contributed by atoms with Crippen LogP contribution in [0.4, 0.5) is 0 Å². The van der Waals surface area contributed by atoms with Gasteiger partial charge in [0.1, 0.15) is 0 Å². The summed E-state index contributed by atoms with van der Waals surface area (Å²) in [4.78, 5) is 0. The van der Waals surface area contributed by atoms with E-state index in [2.05, 4.69) is 55.1 Å². The molecule has 0 aliphatic heterocycles. The summed E-state index contributed by atoms with van der Waals surface area (Å²) in [7, 11) is 0. The summed E-state index contributed by atoms with van der Waals surface area (Å²) in [5.41, 5.74) is 4.08. The summed E-state index contributed by atoms with van der Waals surface area (Å²) in [5.74, 6) is 0. The third kappa shape index (κ3) is 6.77. The molecule has 0 saturated carbocycles. The zero-order valence-electron chi connectivity index (χ0n) is 12.7. The Labute approximate surface area is 137 Å². The first-order valence-corrected chi connectivity index (χ1v) is 6.48. The van der Waals surface area contributed by atoms with Gasteiger partial charge >= 0.3 is 81.1 Å². The molecule has 0 amide bonds. The van der Waals surface area contributed by atoms with Crippen molar-refractivity contribution in [3.63, 3.8) is 0 Å². The monoisotopic (exact) mass is 326 g/mol. The number of hydrogen-bond acceptors (Lipinski definition) is 1. The van der Waals surface area contributed by atoms with Gasteiger partial charge < -0.3 is 29.9 Å². The molecule has 0 aromatic heterocycles. The van der Waals surface area contributed by atoms with Gasteiger partial charge in [0.05, 0.1) is 0 Å². The molecule has 1 rings (SSSR count). The third-order valence-electron chi connectivity index (χ3n) is 3.06. The standard InChI is InChI=1S/C10H15.C4H9O.2ClH.Ti/c1-7-6-10(4,5)9(3)8(7)2;1-4(2,3)5;;;/h1-5H3;1-3H3;2*1H;/q;-1;;;+3/p-2. The van der Waals surface area contributed by atoms with Crippen LogP contribution in [0.25, 0.3) is 0 Å². The van der Waals surface area contributed by atoms with Crippen molar-refractivity contribution in [2.45, 2.75) is 61.0 Å². The van der Waals surface area contributed by atoms with Crippen LogP contribution >= 0.6 is 0 Å². The van der Waals surface area contributed by atoms with Crippen molar-refractivity contribution < 1.29 is 50.4 Å². The van der Waals surface area contributed by atoms with E-state index in [1.165, 1.54) is 20.6 Å². The minimum absolute atomic E-state index is 0. The average Bonchev–Trinajstić information content (AvgIpc) is 2.19. The largest absolute Gasteiger partial charge is 1.00 e. The maximum Gasteiger partial charge on any atom is -1.00 e.